The van der Waals surface area contributed by atoms with Crippen molar-refractivity contribution in [3.8, 4) is 0 Å². The molecule has 2 rings (SSSR count). The third-order valence-electron chi connectivity index (χ3n) is 3.58. The summed E-state index contributed by atoms with van der Waals surface area (Å²) >= 11 is 7.85. The lowest BCUT2D eigenvalue weighted by Gasteiger charge is -2.13. The Balaban J connectivity index is 1.69. The third-order valence-corrected chi connectivity index (χ3v) is 4.88. The zero-order chi connectivity index (χ0) is 11.9. The molecule has 17 heavy (non-hydrogen) atoms. The van der Waals surface area contributed by atoms with Crippen molar-refractivity contribution in [3.05, 3.63) is 29.3 Å². The number of rotatable bonds is 4. The first-order valence-corrected chi connectivity index (χ1v) is 8.09. The minimum absolute atomic E-state index is 0.832. The van der Waals surface area contributed by atoms with E-state index in [0.29, 0.717) is 0 Å². The molecular formula is C15H21ClS. The maximum Gasteiger partial charge on any atom is 0.0406 e. The van der Waals surface area contributed by atoms with E-state index in [2.05, 4.69) is 12.1 Å². The summed E-state index contributed by atoms with van der Waals surface area (Å²) in [5, 5.41) is 0.832. The zero-order valence-electron chi connectivity index (χ0n) is 10.3. The van der Waals surface area contributed by atoms with Gasteiger partial charge >= 0.3 is 0 Å². The predicted molar refractivity (Wildman–Crippen MR) is 78.0 cm³/mol. The van der Waals surface area contributed by atoms with Crippen molar-refractivity contribution in [2.24, 2.45) is 5.92 Å². The first-order chi connectivity index (χ1) is 8.34. The van der Waals surface area contributed by atoms with Gasteiger partial charge in [0.1, 0.15) is 0 Å². The Labute approximate surface area is 114 Å². The van der Waals surface area contributed by atoms with Crippen LogP contribution in [0.25, 0.3) is 0 Å². The van der Waals surface area contributed by atoms with E-state index < -0.39 is 0 Å². The van der Waals surface area contributed by atoms with Crippen molar-refractivity contribution in [2.75, 3.05) is 5.75 Å². The van der Waals surface area contributed by atoms with E-state index in [-0.39, 0.29) is 0 Å². The highest BCUT2D eigenvalue weighted by atomic mass is 35.5. The van der Waals surface area contributed by atoms with E-state index in [1.54, 1.807) is 0 Å². The average molecular weight is 269 g/mol. The fourth-order valence-electron chi connectivity index (χ4n) is 2.53. The summed E-state index contributed by atoms with van der Waals surface area (Å²) in [5.41, 5.74) is 0. The number of hydrogen-bond acceptors (Lipinski definition) is 1. The standard InChI is InChI=1S/C15H21ClS/c16-14-7-9-15(10-8-14)17-12-11-13-5-3-1-2-4-6-13/h7-10,13H,1-6,11-12H2. The van der Waals surface area contributed by atoms with Crippen LogP contribution in [-0.4, -0.2) is 5.75 Å². The predicted octanol–water partition coefficient (Wildman–Crippen LogP) is 5.79. The summed E-state index contributed by atoms with van der Waals surface area (Å²) in [6, 6.07) is 8.21. The monoisotopic (exact) mass is 268 g/mol. The topological polar surface area (TPSA) is 0 Å². The van der Waals surface area contributed by atoms with Crippen molar-refractivity contribution >= 4 is 23.4 Å². The molecule has 0 nitrogen and oxygen atoms in total. The smallest absolute Gasteiger partial charge is 0.0406 e. The zero-order valence-corrected chi connectivity index (χ0v) is 11.9. The Morgan fingerprint density at radius 1 is 1.00 bits per heavy atom. The van der Waals surface area contributed by atoms with E-state index in [1.807, 2.05) is 23.9 Å². The van der Waals surface area contributed by atoms with Crippen molar-refractivity contribution < 1.29 is 0 Å². The molecule has 0 aliphatic heterocycles. The molecule has 94 valence electrons. The summed E-state index contributed by atoms with van der Waals surface area (Å²) < 4.78 is 0. The van der Waals surface area contributed by atoms with Gasteiger partial charge < -0.3 is 0 Å². The molecular weight excluding hydrogens is 248 g/mol. The average Bonchev–Trinajstić information content (AvgIpc) is 2.60. The molecule has 1 fully saturated rings. The van der Waals surface area contributed by atoms with Gasteiger partial charge in [-0.25, -0.2) is 0 Å². The van der Waals surface area contributed by atoms with E-state index in [0.717, 1.165) is 10.9 Å². The Kier molecular flexibility index (Phi) is 5.73. The molecule has 0 radical (unpaired) electrons. The van der Waals surface area contributed by atoms with Gasteiger partial charge in [-0.1, -0.05) is 50.1 Å². The number of benzene rings is 1. The van der Waals surface area contributed by atoms with E-state index in [1.165, 1.54) is 55.6 Å². The van der Waals surface area contributed by atoms with Crippen molar-refractivity contribution in [1.82, 2.24) is 0 Å². The van der Waals surface area contributed by atoms with Gasteiger partial charge in [-0.3, -0.25) is 0 Å². The fraction of sp³-hybridized carbons (Fsp3) is 0.600. The summed E-state index contributed by atoms with van der Waals surface area (Å²) in [6.07, 6.45) is 10.1. The number of hydrogen-bond donors (Lipinski definition) is 0. The second-order valence-electron chi connectivity index (χ2n) is 4.95. The van der Waals surface area contributed by atoms with Gasteiger partial charge in [0, 0.05) is 9.92 Å². The van der Waals surface area contributed by atoms with Crippen LogP contribution >= 0.6 is 23.4 Å². The van der Waals surface area contributed by atoms with E-state index >= 15 is 0 Å². The molecule has 0 N–H and O–H groups in total. The largest absolute Gasteiger partial charge is 0.126 e. The Bertz CT molecular complexity index is 312. The van der Waals surface area contributed by atoms with Crippen LogP contribution in [0.15, 0.2) is 29.2 Å². The number of halogens is 1. The molecule has 1 aromatic carbocycles. The van der Waals surface area contributed by atoms with Gasteiger partial charge in [0.2, 0.25) is 0 Å². The molecule has 0 unspecified atom stereocenters. The molecule has 0 bridgehead atoms. The van der Waals surface area contributed by atoms with Crippen LogP contribution in [0.5, 0.6) is 0 Å². The van der Waals surface area contributed by atoms with Crippen molar-refractivity contribution in [3.63, 3.8) is 0 Å². The van der Waals surface area contributed by atoms with Gasteiger partial charge in [0.25, 0.3) is 0 Å². The van der Waals surface area contributed by atoms with Gasteiger partial charge in [-0.05, 0) is 42.4 Å². The highest BCUT2D eigenvalue weighted by Crippen LogP contribution is 2.28. The maximum absolute atomic E-state index is 5.88. The lowest BCUT2D eigenvalue weighted by molar-refractivity contribution is 0.450. The molecule has 0 aromatic heterocycles. The molecule has 0 heterocycles. The Morgan fingerprint density at radius 3 is 2.29 bits per heavy atom. The van der Waals surface area contributed by atoms with Crippen LogP contribution in [0.3, 0.4) is 0 Å². The second kappa shape index (κ2) is 7.33. The molecule has 0 amide bonds. The molecule has 1 aliphatic carbocycles. The second-order valence-corrected chi connectivity index (χ2v) is 6.55. The molecule has 1 saturated carbocycles. The molecule has 1 aromatic rings. The SMILES string of the molecule is Clc1ccc(SCCC2CCCCCC2)cc1. The molecule has 2 heteroatoms. The van der Waals surface area contributed by atoms with Crippen molar-refractivity contribution in [1.29, 1.82) is 0 Å². The first kappa shape index (κ1) is 13.3. The van der Waals surface area contributed by atoms with Gasteiger partial charge in [0.05, 0.1) is 0 Å². The highest BCUT2D eigenvalue weighted by molar-refractivity contribution is 7.99. The van der Waals surface area contributed by atoms with E-state index in [4.69, 9.17) is 11.6 Å². The molecule has 0 saturated heterocycles. The quantitative estimate of drug-likeness (QED) is 0.492. The lowest BCUT2D eigenvalue weighted by atomic mass is 9.98. The van der Waals surface area contributed by atoms with Crippen LogP contribution in [0, 0.1) is 5.92 Å². The van der Waals surface area contributed by atoms with Crippen LogP contribution in [0.1, 0.15) is 44.9 Å². The number of thioether (sulfide) groups is 1. The first-order valence-electron chi connectivity index (χ1n) is 6.73. The van der Waals surface area contributed by atoms with E-state index in [9.17, 15) is 0 Å². The van der Waals surface area contributed by atoms with Gasteiger partial charge in [-0.2, -0.15) is 0 Å². The van der Waals surface area contributed by atoms with Crippen LogP contribution in [0.2, 0.25) is 5.02 Å². The highest BCUT2D eigenvalue weighted by Gasteiger charge is 2.11. The molecule has 0 spiro atoms. The van der Waals surface area contributed by atoms with Gasteiger partial charge in [0.15, 0.2) is 0 Å². The van der Waals surface area contributed by atoms with Crippen molar-refractivity contribution in [2.45, 2.75) is 49.8 Å². The summed E-state index contributed by atoms with van der Waals surface area (Å²) in [5.74, 6) is 2.24. The fourth-order valence-corrected chi connectivity index (χ4v) is 3.67. The Hall–Kier alpha value is -0.140. The summed E-state index contributed by atoms with van der Waals surface area (Å²) in [7, 11) is 0. The lowest BCUT2D eigenvalue weighted by Crippen LogP contribution is -1.99. The summed E-state index contributed by atoms with van der Waals surface area (Å²) in [6.45, 7) is 0. The van der Waals surface area contributed by atoms with Gasteiger partial charge in [-0.15, -0.1) is 11.8 Å². The third kappa shape index (κ3) is 4.93. The minimum atomic E-state index is 0.832. The normalized spacial score (nSPS) is 17.9. The maximum atomic E-state index is 5.88. The molecule has 0 atom stereocenters. The minimum Gasteiger partial charge on any atom is -0.126 e. The molecule has 1 aliphatic rings. The van der Waals surface area contributed by atoms with Crippen LogP contribution in [0.4, 0.5) is 0 Å². The van der Waals surface area contributed by atoms with Crippen LogP contribution < -0.4 is 0 Å². The summed E-state index contributed by atoms with van der Waals surface area (Å²) in [4.78, 5) is 1.35. The Morgan fingerprint density at radius 2 is 1.65 bits per heavy atom. The van der Waals surface area contributed by atoms with Crippen LogP contribution in [-0.2, 0) is 0 Å².